The van der Waals surface area contributed by atoms with Crippen LogP contribution >= 0.6 is 0 Å². The maximum absolute atomic E-state index is 11.9. The quantitative estimate of drug-likeness (QED) is 0.689. The summed E-state index contributed by atoms with van der Waals surface area (Å²) in [5.74, 6) is -0.157. The molecule has 0 spiro atoms. The first kappa shape index (κ1) is 18.3. The summed E-state index contributed by atoms with van der Waals surface area (Å²) in [6, 6.07) is 16.2. The minimum Gasteiger partial charge on any atom is -0.494 e. The van der Waals surface area contributed by atoms with Gasteiger partial charge >= 0.3 is 6.03 Å². The zero-order chi connectivity index (χ0) is 18.1. The number of amides is 3. The van der Waals surface area contributed by atoms with Crippen LogP contribution in [0, 0.1) is 5.92 Å². The zero-order valence-corrected chi connectivity index (χ0v) is 14.2. The third-order valence-corrected chi connectivity index (χ3v) is 3.66. The van der Waals surface area contributed by atoms with Crippen molar-refractivity contribution in [1.29, 1.82) is 0 Å². The number of primary amides is 1. The van der Waals surface area contributed by atoms with Crippen molar-refractivity contribution < 1.29 is 14.3 Å². The van der Waals surface area contributed by atoms with Crippen molar-refractivity contribution in [2.45, 2.75) is 13.3 Å². The molecule has 0 bridgehead atoms. The number of nitrogens with one attached hydrogen (secondary N) is 2. The van der Waals surface area contributed by atoms with E-state index in [0.29, 0.717) is 18.7 Å². The lowest BCUT2D eigenvalue weighted by molar-refractivity contribution is -0.121. The summed E-state index contributed by atoms with van der Waals surface area (Å²) in [5, 5.41) is 5.39. The lowest BCUT2D eigenvalue weighted by Gasteiger charge is -2.15. The average Bonchev–Trinajstić information content (AvgIpc) is 2.61. The van der Waals surface area contributed by atoms with E-state index in [-0.39, 0.29) is 12.6 Å². The van der Waals surface area contributed by atoms with Gasteiger partial charge in [0.1, 0.15) is 5.75 Å². The molecule has 25 heavy (non-hydrogen) atoms. The SMILES string of the molecule is CCOc1ccc(CC(CNC(=O)Nc2ccccc2)C(N)=O)cc1. The molecule has 0 aliphatic carbocycles. The number of ether oxygens (including phenoxy) is 1. The summed E-state index contributed by atoms with van der Waals surface area (Å²) in [7, 11) is 0. The van der Waals surface area contributed by atoms with Crippen molar-refractivity contribution in [2.75, 3.05) is 18.5 Å². The van der Waals surface area contributed by atoms with Gasteiger partial charge in [0.05, 0.1) is 12.5 Å². The molecule has 2 aromatic rings. The van der Waals surface area contributed by atoms with Crippen LogP contribution in [-0.2, 0) is 11.2 Å². The Morgan fingerprint density at radius 3 is 2.36 bits per heavy atom. The van der Waals surface area contributed by atoms with E-state index >= 15 is 0 Å². The third-order valence-electron chi connectivity index (χ3n) is 3.66. The number of hydrogen-bond acceptors (Lipinski definition) is 3. The Morgan fingerprint density at radius 2 is 1.76 bits per heavy atom. The predicted molar refractivity (Wildman–Crippen MR) is 97.5 cm³/mol. The highest BCUT2D eigenvalue weighted by atomic mass is 16.5. The van der Waals surface area contributed by atoms with Crippen LogP contribution in [0.5, 0.6) is 5.75 Å². The summed E-state index contributed by atoms with van der Waals surface area (Å²) >= 11 is 0. The van der Waals surface area contributed by atoms with Gasteiger partial charge in [0.15, 0.2) is 0 Å². The highest BCUT2D eigenvalue weighted by Crippen LogP contribution is 2.15. The van der Waals surface area contributed by atoms with Gasteiger partial charge in [-0.25, -0.2) is 4.79 Å². The first-order valence-electron chi connectivity index (χ1n) is 8.19. The molecular weight excluding hydrogens is 318 g/mol. The molecule has 1 atom stereocenters. The number of hydrogen-bond donors (Lipinski definition) is 3. The van der Waals surface area contributed by atoms with Crippen LogP contribution in [-0.4, -0.2) is 25.1 Å². The van der Waals surface area contributed by atoms with Gasteiger partial charge in [0.25, 0.3) is 0 Å². The van der Waals surface area contributed by atoms with Gasteiger partial charge in [-0.2, -0.15) is 0 Å². The summed E-state index contributed by atoms with van der Waals surface area (Å²) in [6.07, 6.45) is 0.452. The largest absolute Gasteiger partial charge is 0.494 e. The molecule has 2 rings (SSSR count). The van der Waals surface area contributed by atoms with E-state index in [1.54, 1.807) is 12.1 Å². The Bertz CT molecular complexity index is 687. The van der Waals surface area contributed by atoms with E-state index in [0.717, 1.165) is 11.3 Å². The van der Waals surface area contributed by atoms with Crippen LogP contribution in [0.25, 0.3) is 0 Å². The van der Waals surface area contributed by atoms with E-state index in [2.05, 4.69) is 10.6 Å². The predicted octanol–water partition coefficient (Wildman–Crippen LogP) is 2.55. The molecule has 0 radical (unpaired) electrons. The first-order chi connectivity index (χ1) is 12.1. The highest BCUT2D eigenvalue weighted by Gasteiger charge is 2.17. The first-order valence-corrected chi connectivity index (χ1v) is 8.19. The van der Waals surface area contributed by atoms with Gasteiger partial charge in [-0.15, -0.1) is 0 Å². The maximum Gasteiger partial charge on any atom is 0.319 e. The van der Waals surface area contributed by atoms with E-state index in [1.807, 2.05) is 49.4 Å². The second-order valence-corrected chi connectivity index (χ2v) is 5.58. The van der Waals surface area contributed by atoms with E-state index in [4.69, 9.17) is 10.5 Å². The van der Waals surface area contributed by atoms with Gasteiger partial charge in [-0.1, -0.05) is 30.3 Å². The second kappa shape index (κ2) is 9.32. The number of carbonyl (C=O) groups is 2. The van der Waals surface area contributed by atoms with Gasteiger partial charge in [0.2, 0.25) is 5.91 Å². The standard InChI is InChI=1S/C19H23N3O3/c1-2-25-17-10-8-14(9-11-17)12-15(18(20)23)13-21-19(24)22-16-6-4-3-5-7-16/h3-11,15H,2,12-13H2,1H3,(H2,20,23)(H2,21,22,24). The molecule has 0 aromatic heterocycles. The topological polar surface area (TPSA) is 93.4 Å². The fourth-order valence-corrected chi connectivity index (χ4v) is 2.36. The Hall–Kier alpha value is -3.02. The monoisotopic (exact) mass is 341 g/mol. The van der Waals surface area contributed by atoms with Crippen LogP contribution in [0.4, 0.5) is 10.5 Å². The fraction of sp³-hybridized carbons (Fsp3) is 0.263. The van der Waals surface area contributed by atoms with Crippen molar-refractivity contribution in [3.8, 4) is 5.75 Å². The van der Waals surface area contributed by atoms with Crippen LogP contribution in [0.3, 0.4) is 0 Å². The number of anilines is 1. The molecule has 132 valence electrons. The third kappa shape index (κ3) is 6.18. The van der Waals surface area contributed by atoms with E-state index in [1.165, 1.54) is 0 Å². The van der Waals surface area contributed by atoms with Crippen molar-refractivity contribution in [3.63, 3.8) is 0 Å². The molecule has 1 unspecified atom stereocenters. The molecule has 0 saturated heterocycles. The maximum atomic E-state index is 11.9. The number of benzene rings is 2. The zero-order valence-electron chi connectivity index (χ0n) is 14.2. The van der Waals surface area contributed by atoms with Crippen molar-refractivity contribution in [2.24, 2.45) is 11.7 Å². The molecule has 6 heteroatoms. The van der Waals surface area contributed by atoms with Gasteiger partial charge in [-0.3, -0.25) is 4.79 Å². The molecule has 2 aromatic carbocycles. The van der Waals surface area contributed by atoms with Gasteiger partial charge in [-0.05, 0) is 43.2 Å². The van der Waals surface area contributed by atoms with Crippen LogP contribution in [0.1, 0.15) is 12.5 Å². The lowest BCUT2D eigenvalue weighted by atomic mass is 9.98. The number of nitrogens with two attached hydrogens (primary N) is 1. The molecular formula is C19H23N3O3. The fourth-order valence-electron chi connectivity index (χ4n) is 2.36. The van der Waals surface area contributed by atoms with Gasteiger partial charge < -0.3 is 21.1 Å². The van der Waals surface area contributed by atoms with Crippen LogP contribution in [0.2, 0.25) is 0 Å². The lowest BCUT2D eigenvalue weighted by Crippen LogP contribution is -2.39. The Labute approximate surface area is 147 Å². The summed E-state index contributed by atoms with van der Waals surface area (Å²) in [5.41, 5.74) is 7.10. The molecule has 0 heterocycles. The Kier molecular flexibility index (Phi) is 6.83. The minimum atomic E-state index is -0.487. The van der Waals surface area contributed by atoms with Crippen LogP contribution < -0.4 is 21.1 Å². The van der Waals surface area contributed by atoms with E-state index < -0.39 is 11.8 Å². The van der Waals surface area contributed by atoms with Crippen molar-refractivity contribution in [3.05, 3.63) is 60.2 Å². The Balaban J connectivity index is 1.87. The summed E-state index contributed by atoms with van der Waals surface area (Å²) < 4.78 is 5.39. The number of carbonyl (C=O) groups excluding carboxylic acids is 2. The number of urea groups is 1. The Morgan fingerprint density at radius 1 is 1.08 bits per heavy atom. The molecule has 4 N–H and O–H groups in total. The average molecular weight is 341 g/mol. The van der Waals surface area contributed by atoms with E-state index in [9.17, 15) is 9.59 Å². The summed E-state index contributed by atoms with van der Waals surface area (Å²) in [6.45, 7) is 2.69. The molecule has 0 aliphatic rings. The molecule has 0 aliphatic heterocycles. The minimum absolute atomic E-state index is 0.168. The smallest absolute Gasteiger partial charge is 0.319 e. The molecule has 0 fully saturated rings. The second-order valence-electron chi connectivity index (χ2n) is 5.58. The highest BCUT2D eigenvalue weighted by molar-refractivity contribution is 5.89. The summed E-state index contributed by atoms with van der Waals surface area (Å²) in [4.78, 5) is 23.6. The molecule has 0 saturated carbocycles. The van der Waals surface area contributed by atoms with Crippen molar-refractivity contribution >= 4 is 17.6 Å². The number of rotatable bonds is 8. The van der Waals surface area contributed by atoms with Crippen LogP contribution in [0.15, 0.2) is 54.6 Å². The van der Waals surface area contributed by atoms with Crippen molar-refractivity contribution in [1.82, 2.24) is 5.32 Å². The normalized spacial score (nSPS) is 11.4. The molecule has 3 amide bonds. The van der Waals surface area contributed by atoms with Gasteiger partial charge in [0, 0.05) is 12.2 Å². The number of para-hydroxylation sites is 1. The molecule has 6 nitrogen and oxygen atoms in total.